The first-order valence-corrected chi connectivity index (χ1v) is 7.02. The van der Waals surface area contributed by atoms with Crippen molar-refractivity contribution >= 4 is 21.6 Å². The summed E-state index contributed by atoms with van der Waals surface area (Å²) in [6, 6.07) is 4.58. The van der Waals surface area contributed by atoms with Crippen LogP contribution in [-0.2, 0) is 5.41 Å². The molecule has 0 aliphatic heterocycles. The zero-order valence-corrected chi connectivity index (χ0v) is 12.4. The van der Waals surface area contributed by atoms with Crippen LogP contribution in [0.25, 0.3) is 10.2 Å². The molecule has 1 nitrogen and oxygen atoms in total. The Morgan fingerprint density at radius 3 is 2.35 bits per heavy atom. The van der Waals surface area contributed by atoms with E-state index in [4.69, 9.17) is 4.98 Å². The number of hydrogen-bond donors (Lipinski definition) is 0. The molecule has 0 saturated carbocycles. The summed E-state index contributed by atoms with van der Waals surface area (Å²) in [4.78, 5) is 4.80. The average Bonchev–Trinajstić information content (AvgIpc) is 2.60. The molecule has 0 spiro atoms. The van der Waals surface area contributed by atoms with Gasteiger partial charge in [-0.05, 0) is 30.0 Å². The Morgan fingerprint density at radius 2 is 1.82 bits per heavy atom. The molecule has 1 heterocycles. The van der Waals surface area contributed by atoms with Gasteiger partial charge in [0, 0.05) is 5.41 Å². The number of aryl methyl sites for hydroxylation is 1. The molecule has 0 unspecified atom stereocenters. The first-order chi connectivity index (χ1) is 7.79. The van der Waals surface area contributed by atoms with E-state index in [2.05, 4.69) is 53.7 Å². The maximum Gasteiger partial charge on any atom is 0.0992 e. The molecule has 0 amide bonds. The highest BCUT2D eigenvalue weighted by Gasteiger charge is 2.19. The third-order valence-corrected chi connectivity index (χ3v) is 4.44. The van der Waals surface area contributed by atoms with Gasteiger partial charge in [0.25, 0.3) is 0 Å². The van der Waals surface area contributed by atoms with E-state index >= 15 is 0 Å². The van der Waals surface area contributed by atoms with Crippen LogP contribution in [0, 0.1) is 6.92 Å². The SMILES string of the molecule is Cc1cc(C(C)C)cc2sc(C(C)(C)C)nc12. The van der Waals surface area contributed by atoms with Gasteiger partial charge < -0.3 is 0 Å². The molecule has 92 valence electrons. The van der Waals surface area contributed by atoms with Crippen LogP contribution >= 0.6 is 11.3 Å². The van der Waals surface area contributed by atoms with Crippen molar-refractivity contribution in [2.75, 3.05) is 0 Å². The molecule has 0 atom stereocenters. The molecule has 0 fully saturated rings. The quantitative estimate of drug-likeness (QED) is 0.689. The standard InChI is InChI=1S/C15H21NS/c1-9(2)11-7-10(3)13-12(8-11)17-14(16-13)15(4,5)6/h7-9H,1-6H3. The fraction of sp³-hybridized carbons (Fsp3) is 0.533. The van der Waals surface area contributed by atoms with Crippen LogP contribution in [-0.4, -0.2) is 4.98 Å². The largest absolute Gasteiger partial charge is 0.240 e. The minimum Gasteiger partial charge on any atom is -0.240 e. The summed E-state index contributed by atoms with van der Waals surface area (Å²) in [5, 5.41) is 1.23. The molecule has 0 N–H and O–H groups in total. The fourth-order valence-corrected chi connectivity index (χ4v) is 3.03. The van der Waals surface area contributed by atoms with E-state index in [9.17, 15) is 0 Å². The molecule has 0 bridgehead atoms. The van der Waals surface area contributed by atoms with Crippen molar-refractivity contribution in [2.45, 2.75) is 52.9 Å². The maximum absolute atomic E-state index is 4.80. The molecule has 2 aromatic rings. The van der Waals surface area contributed by atoms with Crippen molar-refractivity contribution < 1.29 is 0 Å². The predicted molar refractivity (Wildman–Crippen MR) is 77.1 cm³/mol. The Kier molecular flexibility index (Phi) is 3.03. The number of fused-ring (bicyclic) bond motifs is 1. The van der Waals surface area contributed by atoms with Crippen molar-refractivity contribution in [3.63, 3.8) is 0 Å². The topological polar surface area (TPSA) is 12.9 Å². The smallest absolute Gasteiger partial charge is 0.0992 e. The molecule has 0 saturated heterocycles. The predicted octanol–water partition coefficient (Wildman–Crippen LogP) is 5.03. The number of hydrogen-bond acceptors (Lipinski definition) is 2. The van der Waals surface area contributed by atoms with Gasteiger partial charge in [0.1, 0.15) is 0 Å². The lowest BCUT2D eigenvalue weighted by molar-refractivity contribution is 0.587. The Labute approximate surface area is 108 Å². The van der Waals surface area contributed by atoms with Crippen LogP contribution in [0.2, 0.25) is 0 Å². The van der Waals surface area contributed by atoms with Crippen LogP contribution in [0.5, 0.6) is 0 Å². The zero-order chi connectivity index (χ0) is 12.8. The molecule has 0 aliphatic rings. The van der Waals surface area contributed by atoms with Gasteiger partial charge in [0.2, 0.25) is 0 Å². The van der Waals surface area contributed by atoms with Crippen molar-refractivity contribution in [1.29, 1.82) is 0 Å². The number of thiazole rings is 1. The van der Waals surface area contributed by atoms with E-state index in [1.54, 1.807) is 0 Å². The molecule has 1 aromatic heterocycles. The van der Waals surface area contributed by atoms with Gasteiger partial charge in [0.15, 0.2) is 0 Å². The first-order valence-electron chi connectivity index (χ1n) is 6.20. The summed E-state index contributed by atoms with van der Waals surface area (Å²) in [6.45, 7) is 13.3. The third kappa shape index (κ3) is 2.37. The van der Waals surface area contributed by atoms with Gasteiger partial charge >= 0.3 is 0 Å². The van der Waals surface area contributed by atoms with Crippen molar-refractivity contribution in [2.24, 2.45) is 0 Å². The van der Waals surface area contributed by atoms with E-state index in [1.165, 1.54) is 26.4 Å². The van der Waals surface area contributed by atoms with E-state index in [-0.39, 0.29) is 5.41 Å². The lowest BCUT2D eigenvalue weighted by Crippen LogP contribution is -2.09. The van der Waals surface area contributed by atoms with Crippen molar-refractivity contribution in [1.82, 2.24) is 4.98 Å². The van der Waals surface area contributed by atoms with Gasteiger partial charge in [-0.2, -0.15) is 0 Å². The second-order valence-electron chi connectivity index (χ2n) is 6.11. The summed E-state index contributed by atoms with van der Waals surface area (Å²) in [5.74, 6) is 0.582. The van der Waals surface area contributed by atoms with Gasteiger partial charge in [-0.3, -0.25) is 0 Å². The monoisotopic (exact) mass is 247 g/mol. The highest BCUT2D eigenvalue weighted by atomic mass is 32.1. The molecule has 0 aliphatic carbocycles. The minimum absolute atomic E-state index is 0.147. The highest BCUT2D eigenvalue weighted by molar-refractivity contribution is 7.18. The number of benzene rings is 1. The molecule has 0 radical (unpaired) electrons. The Morgan fingerprint density at radius 1 is 1.18 bits per heavy atom. The zero-order valence-electron chi connectivity index (χ0n) is 11.6. The van der Waals surface area contributed by atoms with E-state index in [1.807, 2.05) is 11.3 Å². The normalized spacial score (nSPS) is 12.6. The lowest BCUT2D eigenvalue weighted by Gasteiger charge is -2.13. The summed E-state index contributed by atoms with van der Waals surface area (Å²) in [6.07, 6.45) is 0. The van der Waals surface area contributed by atoms with Crippen LogP contribution in [0.15, 0.2) is 12.1 Å². The average molecular weight is 247 g/mol. The molecule has 2 heteroatoms. The summed E-state index contributed by atoms with van der Waals surface area (Å²) in [7, 11) is 0. The summed E-state index contributed by atoms with van der Waals surface area (Å²) < 4.78 is 1.33. The molecule has 17 heavy (non-hydrogen) atoms. The van der Waals surface area contributed by atoms with Crippen molar-refractivity contribution in [3.05, 3.63) is 28.3 Å². The Bertz CT molecular complexity index is 544. The van der Waals surface area contributed by atoms with Crippen LogP contribution in [0.3, 0.4) is 0 Å². The lowest BCUT2D eigenvalue weighted by atomic mass is 9.98. The van der Waals surface area contributed by atoms with Gasteiger partial charge in [0.05, 0.1) is 15.2 Å². The van der Waals surface area contributed by atoms with Gasteiger partial charge in [-0.25, -0.2) is 4.98 Å². The van der Waals surface area contributed by atoms with Crippen LogP contribution in [0.1, 0.15) is 56.7 Å². The fourth-order valence-electron chi connectivity index (χ4n) is 1.88. The summed E-state index contributed by atoms with van der Waals surface area (Å²) in [5.41, 5.74) is 4.05. The van der Waals surface area contributed by atoms with Crippen molar-refractivity contribution in [3.8, 4) is 0 Å². The Hall–Kier alpha value is -0.890. The molecule has 2 rings (SSSR count). The number of aromatic nitrogens is 1. The second-order valence-corrected chi connectivity index (χ2v) is 7.14. The van der Waals surface area contributed by atoms with E-state index in [0.29, 0.717) is 5.92 Å². The maximum atomic E-state index is 4.80. The second kappa shape index (κ2) is 4.09. The summed E-state index contributed by atoms with van der Waals surface area (Å²) >= 11 is 1.84. The molecular weight excluding hydrogens is 226 g/mol. The highest BCUT2D eigenvalue weighted by Crippen LogP contribution is 2.34. The number of nitrogens with zero attached hydrogens (tertiary/aromatic N) is 1. The van der Waals surface area contributed by atoms with Gasteiger partial charge in [-0.1, -0.05) is 40.7 Å². The van der Waals surface area contributed by atoms with E-state index < -0.39 is 0 Å². The van der Waals surface area contributed by atoms with Gasteiger partial charge in [-0.15, -0.1) is 11.3 Å². The first kappa shape index (κ1) is 12.6. The third-order valence-electron chi connectivity index (χ3n) is 3.02. The molecular formula is C15H21NS. The minimum atomic E-state index is 0.147. The number of rotatable bonds is 1. The Balaban J connectivity index is 2.65. The van der Waals surface area contributed by atoms with Crippen LogP contribution < -0.4 is 0 Å². The van der Waals surface area contributed by atoms with Crippen LogP contribution in [0.4, 0.5) is 0 Å². The van der Waals surface area contributed by atoms with E-state index in [0.717, 1.165) is 0 Å². The molecule has 1 aromatic carbocycles.